The van der Waals surface area contributed by atoms with Crippen LogP contribution < -0.4 is 15.8 Å². The van der Waals surface area contributed by atoms with Gasteiger partial charge in [0.25, 0.3) is 5.56 Å². The fraction of sp³-hybridized carbons (Fsp3) is 0.760. The molecule has 2 fully saturated rings. The van der Waals surface area contributed by atoms with Crippen LogP contribution in [0.2, 0.25) is 0 Å². The lowest BCUT2D eigenvalue weighted by Crippen LogP contribution is -2.42. The van der Waals surface area contributed by atoms with Gasteiger partial charge in [-0.25, -0.2) is 4.98 Å². The molecule has 9 heteroatoms. The van der Waals surface area contributed by atoms with Crippen molar-refractivity contribution in [1.82, 2.24) is 24.8 Å². The zero-order valence-corrected chi connectivity index (χ0v) is 21.2. The lowest BCUT2D eigenvalue weighted by atomic mass is 9.96. The molecule has 3 aliphatic rings. The van der Waals surface area contributed by atoms with Gasteiger partial charge in [-0.15, -0.1) is 5.10 Å². The standard InChI is InChI=1S/C25H38N6O2S/c1-18(29-14-6-2-3-7-15-29)10-13-26-22(32)19-11-16-30(17-12-19)25-28-31-23(33)20-8-4-5-9-21(20)27-24(31)34-25/h18-19H,2-17H2,1H3,(H,26,32). The van der Waals surface area contributed by atoms with Gasteiger partial charge in [0.15, 0.2) is 0 Å². The highest BCUT2D eigenvalue weighted by molar-refractivity contribution is 7.20. The van der Waals surface area contributed by atoms with E-state index >= 15 is 0 Å². The number of likely N-dealkylation sites (tertiary alicyclic amines) is 1. The molecule has 2 saturated heterocycles. The molecule has 2 aromatic rings. The van der Waals surface area contributed by atoms with Crippen molar-refractivity contribution in [1.29, 1.82) is 0 Å². The number of anilines is 1. The summed E-state index contributed by atoms with van der Waals surface area (Å²) >= 11 is 1.49. The number of amides is 1. The number of nitrogens with zero attached hydrogens (tertiary/aromatic N) is 5. The molecule has 0 bridgehead atoms. The number of fused-ring (bicyclic) bond motifs is 2. The third-order valence-corrected chi connectivity index (χ3v) is 8.90. The average molecular weight is 487 g/mol. The zero-order valence-electron chi connectivity index (χ0n) is 20.4. The van der Waals surface area contributed by atoms with E-state index in [1.54, 1.807) is 0 Å². The summed E-state index contributed by atoms with van der Waals surface area (Å²) in [5.74, 6) is 0.254. The van der Waals surface area contributed by atoms with Crippen LogP contribution in [0, 0.1) is 5.92 Å². The van der Waals surface area contributed by atoms with Crippen LogP contribution in [-0.2, 0) is 17.6 Å². The smallest absolute Gasteiger partial charge is 0.278 e. The predicted octanol–water partition coefficient (Wildman–Crippen LogP) is 3.02. The first-order chi connectivity index (χ1) is 16.6. The average Bonchev–Trinajstić information content (AvgIpc) is 3.10. The number of hydrogen-bond donors (Lipinski definition) is 1. The number of rotatable bonds is 6. The van der Waals surface area contributed by atoms with Gasteiger partial charge >= 0.3 is 0 Å². The van der Waals surface area contributed by atoms with Crippen molar-refractivity contribution in [2.24, 2.45) is 5.92 Å². The topological polar surface area (TPSA) is 82.8 Å². The highest BCUT2D eigenvalue weighted by Gasteiger charge is 2.28. The van der Waals surface area contributed by atoms with Gasteiger partial charge in [0.1, 0.15) is 0 Å². The van der Waals surface area contributed by atoms with Crippen LogP contribution in [0.15, 0.2) is 4.79 Å². The first kappa shape index (κ1) is 23.7. The molecule has 1 amide bonds. The molecule has 1 N–H and O–H groups in total. The second-order valence-electron chi connectivity index (χ2n) is 10.3. The molecule has 1 unspecified atom stereocenters. The number of aromatic nitrogens is 3. The van der Waals surface area contributed by atoms with Gasteiger partial charge in [-0.1, -0.05) is 24.2 Å². The maximum atomic E-state index is 12.9. The minimum Gasteiger partial charge on any atom is -0.356 e. The van der Waals surface area contributed by atoms with E-state index in [-0.39, 0.29) is 17.4 Å². The number of carbonyl (C=O) groups excluding carboxylic acids is 1. The van der Waals surface area contributed by atoms with Crippen molar-refractivity contribution in [3.63, 3.8) is 0 Å². The number of carbonyl (C=O) groups is 1. The van der Waals surface area contributed by atoms with E-state index in [9.17, 15) is 9.59 Å². The molecule has 0 radical (unpaired) electrons. The number of aryl methyl sites for hydroxylation is 1. The van der Waals surface area contributed by atoms with E-state index in [4.69, 9.17) is 4.98 Å². The highest BCUT2D eigenvalue weighted by Crippen LogP contribution is 2.28. The van der Waals surface area contributed by atoms with Crippen LogP contribution >= 0.6 is 11.3 Å². The minimum atomic E-state index is 0.00543. The van der Waals surface area contributed by atoms with Crippen molar-refractivity contribution in [2.75, 3.05) is 37.6 Å². The van der Waals surface area contributed by atoms with Crippen molar-refractivity contribution in [3.05, 3.63) is 21.6 Å². The molecule has 5 rings (SSSR count). The molecular formula is C25H38N6O2S. The van der Waals surface area contributed by atoms with Crippen LogP contribution in [-0.4, -0.2) is 64.2 Å². The van der Waals surface area contributed by atoms with E-state index in [0.29, 0.717) is 11.0 Å². The lowest BCUT2D eigenvalue weighted by molar-refractivity contribution is -0.125. The van der Waals surface area contributed by atoms with Gasteiger partial charge in [0.05, 0.1) is 5.69 Å². The molecule has 2 aliphatic heterocycles. The number of piperidine rings is 1. The maximum Gasteiger partial charge on any atom is 0.278 e. The van der Waals surface area contributed by atoms with Gasteiger partial charge in [0.2, 0.25) is 16.0 Å². The summed E-state index contributed by atoms with van der Waals surface area (Å²) in [5, 5.41) is 8.66. The molecule has 0 saturated carbocycles. The van der Waals surface area contributed by atoms with Crippen molar-refractivity contribution in [3.8, 4) is 0 Å². The summed E-state index contributed by atoms with van der Waals surface area (Å²) in [6, 6.07) is 0.530. The first-order valence-electron chi connectivity index (χ1n) is 13.3. The molecule has 34 heavy (non-hydrogen) atoms. The van der Waals surface area contributed by atoms with Gasteiger partial charge in [0, 0.05) is 37.2 Å². The van der Waals surface area contributed by atoms with E-state index in [1.165, 1.54) is 54.6 Å². The fourth-order valence-corrected chi connectivity index (χ4v) is 6.65. The Morgan fingerprint density at radius 2 is 1.79 bits per heavy atom. The molecule has 0 aromatic carbocycles. The summed E-state index contributed by atoms with van der Waals surface area (Å²) in [6.45, 7) is 7.03. The van der Waals surface area contributed by atoms with Crippen LogP contribution in [0.4, 0.5) is 5.13 Å². The van der Waals surface area contributed by atoms with Crippen LogP contribution in [0.1, 0.15) is 76.0 Å². The highest BCUT2D eigenvalue weighted by atomic mass is 32.1. The maximum absolute atomic E-state index is 12.9. The second kappa shape index (κ2) is 10.7. The first-order valence-corrected chi connectivity index (χ1v) is 14.1. The largest absolute Gasteiger partial charge is 0.356 e. The Labute approximate surface area is 205 Å². The minimum absolute atomic E-state index is 0.00543. The summed E-state index contributed by atoms with van der Waals surface area (Å²) in [7, 11) is 0. The fourth-order valence-electron chi connectivity index (χ4n) is 5.69. The molecule has 1 aliphatic carbocycles. The van der Waals surface area contributed by atoms with Gasteiger partial charge < -0.3 is 15.1 Å². The molecule has 186 valence electrons. The predicted molar refractivity (Wildman–Crippen MR) is 136 cm³/mol. The van der Waals surface area contributed by atoms with Gasteiger partial charge in [-0.3, -0.25) is 9.59 Å². The monoisotopic (exact) mass is 486 g/mol. The Balaban J connectivity index is 1.12. The summed E-state index contributed by atoms with van der Waals surface area (Å²) in [4.78, 5) is 35.9. The Kier molecular flexibility index (Phi) is 7.49. The Morgan fingerprint density at radius 1 is 1.06 bits per heavy atom. The molecule has 8 nitrogen and oxygen atoms in total. The third-order valence-electron chi connectivity index (χ3n) is 7.93. The van der Waals surface area contributed by atoms with E-state index in [2.05, 4.69) is 27.1 Å². The van der Waals surface area contributed by atoms with Crippen molar-refractivity contribution < 1.29 is 4.79 Å². The molecular weight excluding hydrogens is 448 g/mol. The van der Waals surface area contributed by atoms with E-state index in [1.807, 2.05) is 0 Å². The zero-order chi connectivity index (χ0) is 23.5. The van der Waals surface area contributed by atoms with Crippen LogP contribution in [0.5, 0.6) is 0 Å². The van der Waals surface area contributed by atoms with Crippen LogP contribution in [0.3, 0.4) is 0 Å². The van der Waals surface area contributed by atoms with E-state index < -0.39 is 0 Å². The lowest BCUT2D eigenvalue weighted by Gasteiger charge is -2.31. The molecule has 1 atom stereocenters. The third kappa shape index (κ3) is 5.15. The van der Waals surface area contributed by atoms with E-state index in [0.717, 1.165) is 81.0 Å². The van der Waals surface area contributed by atoms with Crippen molar-refractivity contribution in [2.45, 2.75) is 83.6 Å². The number of nitrogens with one attached hydrogen (secondary N) is 1. The molecule has 2 aromatic heterocycles. The Morgan fingerprint density at radius 3 is 2.56 bits per heavy atom. The normalized spacial score (nSPS) is 21.3. The quantitative estimate of drug-likeness (QED) is 0.676. The molecule has 4 heterocycles. The summed E-state index contributed by atoms with van der Waals surface area (Å²) in [5.41, 5.74) is 1.82. The Bertz CT molecular complexity index is 1050. The van der Waals surface area contributed by atoms with Gasteiger partial charge in [-0.05, 0) is 77.8 Å². The summed E-state index contributed by atoms with van der Waals surface area (Å²) in [6.07, 6.45) is 11.8. The SMILES string of the molecule is CC(CCNC(=O)C1CCN(c2nn3c(=O)c4c(nc3s2)CCCC4)CC1)N1CCCCCC1. The summed E-state index contributed by atoms with van der Waals surface area (Å²) < 4.78 is 1.49. The number of hydrogen-bond acceptors (Lipinski definition) is 7. The van der Waals surface area contributed by atoms with Crippen LogP contribution in [0.25, 0.3) is 4.96 Å². The second-order valence-corrected chi connectivity index (χ2v) is 11.2. The van der Waals surface area contributed by atoms with Crippen molar-refractivity contribution >= 4 is 27.3 Å². The Hall–Kier alpha value is -2.00. The van der Waals surface area contributed by atoms with Gasteiger partial charge in [-0.2, -0.15) is 4.52 Å². The molecule has 0 spiro atoms.